The number of carboxylic acid groups (broad SMARTS) is 1. The van der Waals surface area contributed by atoms with Gasteiger partial charge in [-0.25, -0.2) is 17.9 Å². The number of benzene rings is 2. The van der Waals surface area contributed by atoms with Crippen LogP contribution in [0, 0.1) is 0 Å². The average molecular weight is 333 g/mol. The van der Waals surface area contributed by atoms with Gasteiger partial charge in [0.1, 0.15) is 0 Å². The van der Waals surface area contributed by atoms with Crippen LogP contribution in [0.2, 0.25) is 0 Å². The molecule has 0 aliphatic heterocycles. The smallest absolute Gasteiger partial charge is 0.335 e. The SMILES string of the molecule is CC(C)(C)NS(=O)(=O)c1ccccc1-c1ccc(C(=O)O)cc1. The van der Waals surface area contributed by atoms with Gasteiger partial charge in [0.05, 0.1) is 10.5 Å². The maximum Gasteiger partial charge on any atom is 0.335 e. The Bertz CT molecular complexity index is 818. The number of carbonyl (C=O) groups is 1. The van der Waals surface area contributed by atoms with E-state index in [-0.39, 0.29) is 10.5 Å². The predicted octanol–water partition coefficient (Wildman–Crippen LogP) is 3.13. The Morgan fingerprint density at radius 1 is 1.00 bits per heavy atom. The van der Waals surface area contributed by atoms with Crippen molar-refractivity contribution in [2.24, 2.45) is 0 Å². The fourth-order valence-corrected chi connectivity index (χ4v) is 3.84. The molecule has 2 rings (SSSR count). The minimum absolute atomic E-state index is 0.155. The third kappa shape index (κ3) is 4.18. The number of rotatable bonds is 4. The molecular weight excluding hydrogens is 314 g/mol. The van der Waals surface area contributed by atoms with Crippen molar-refractivity contribution in [1.82, 2.24) is 4.72 Å². The first kappa shape index (κ1) is 17.2. The first-order valence-electron chi connectivity index (χ1n) is 7.07. The molecule has 0 amide bonds. The molecule has 0 radical (unpaired) electrons. The molecule has 0 aliphatic rings. The Hall–Kier alpha value is -2.18. The number of nitrogens with one attached hydrogen (secondary N) is 1. The van der Waals surface area contributed by atoms with Gasteiger partial charge in [0.2, 0.25) is 10.0 Å². The van der Waals surface area contributed by atoms with Gasteiger partial charge < -0.3 is 5.11 Å². The second-order valence-electron chi connectivity index (χ2n) is 6.23. The van der Waals surface area contributed by atoms with Crippen molar-refractivity contribution in [3.05, 3.63) is 54.1 Å². The molecule has 122 valence electrons. The lowest BCUT2D eigenvalue weighted by Crippen LogP contribution is -2.40. The van der Waals surface area contributed by atoms with Crippen LogP contribution in [0.25, 0.3) is 11.1 Å². The highest BCUT2D eigenvalue weighted by molar-refractivity contribution is 7.89. The first-order valence-corrected chi connectivity index (χ1v) is 8.55. The third-order valence-corrected chi connectivity index (χ3v) is 4.88. The lowest BCUT2D eigenvalue weighted by atomic mass is 10.0. The standard InChI is InChI=1S/C17H19NO4S/c1-17(2,3)18-23(21,22)15-7-5-4-6-14(15)12-8-10-13(11-9-12)16(19)20/h4-11,18H,1-3H3,(H,19,20). The van der Waals surface area contributed by atoms with E-state index in [1.807, 2.05) is 0 Å². The summed E-state index contributed by atoms with van der Waals surface area (Å²) in [5, 5.41) is 8.95. The van der Waals surface area contributed by atoms with Gasteiger partial charge >= 0.3 is 5.97 Å². The maximum absolute atomic E-state index is 12.6. The normalized spacial score (nSPS) is 12.1. The van der Waals surface area contributed by atoms with Crippen LogP contribution in [0.1, 0.15) is 31.1 Å². The summed E-state index contributed by atoms with van der Waals surface area (Å²) in [6.07, 6.45) is 0. The van der Waals surface area contributed by atoms with Crippen molar-refractivity contribution in [1.29, 1.82) is 0 Å². The quantitative estimate of drug-likeness (QED) is 0.900. The molecule has 0 spiro atoms. The van der Waals surface area contributed by atoms with Gasteiger partial charge in [-0.3, -0.25) is 0 Å². The molecule has 0 unspecified atom stereocenters. The van der Waals surface area contributed by atoms with Crippen molar-refractivity contribution in [3.63, 3.8) is 0 Å². The van der Waals surface area contributed by atoms with E-state index in [2.05, 4.69) is 4.72 Å². The molecule has 0 fully saturated rings. The largest absolute Gasteiger partial charge is 0.478 e. The second-order valence-corrected chi connectivity index (χ2v) is 7.88. The fraction of sp³-hybridized carbons (Fsp3) is 0.235. The summed E-state index contributed by atoms with van der Waals surface area (Å²) < 4.78 is 27.9. The minimum Gasteiger partial charge on any atom is -0.478 e. The summed E-state index contributed by atoms with van der Waals surface area (Å²) in [5.74, 6) is -1.02. The van der Waals surface area contributed by atoms with E-state index < -0.39 is 21.5 Å². The van der Waals surface area contributed by atoms with Gasteiger partial charge in [0.15, 0.2) is 0 Å². The van der Waals surface area contributed by atoms with Gasteiger partial charge in [0.25, 0.3) is 0 Å². The van der Waals surface area contributed by atoms with Crippen LogP contribution >= 0.6 is 0 Å². The van der Waals surface area contributed by atoms with Gasteiger partial charge in [-0.2, -0.15) is 0 Å². The zero-order chi connectivity index (χ0) is 17.3. The van der Waals surface area contributed by atoms with E-state index in [0.717, 1.165) is 0 Å². The summed E-state index contributed by atoms with van der Waals surface area (Å²) in [4.78, 5) is 11.1. The molecular formula is C17H19NO4S. The van der Waals surface area contributed by atoms with Crippen LogP contribution in [0.5, 0.6) is 0 Å². The van der Waals surface area contributed by atoms with E-state index in [4.69, 9.17) is 5.11 Å². The molecule has 23 heavy (non-hydrogen) atoms. The van der Waals surface area contributed by atoms with E-state index in [0.29, 0.717) is 11.1 Å². The molecule has 0 bridgehead atoms. The molecule has 0 heterocycles. The Morgan fingerprint density at radius 3 is 2.09 bits per heavy atom. The van der Waals surface area contributed by atoms with Crippen molar-refractivity contribution in [2.45, 2.75) is 31.2 Å². The van der Waals surface area contributed by atoms with E-state index in [9.17, 15) is 13.2 Å². The van der Waals surface area contributed by atoms with Crippen molar-refractivity contribution >= 4 is 16.0 Å². The summed E-state index contributed by atoms with van der Waals surface area (Å²) in [7, 11) is -3.69. The highest BCUT2D eigenvalue weighted by Crippen LogP contribution is 2.28. The molecule has 5 nitrogen and oxygen atoms in total. The average Bonchev–Trinajstić information content (AvgIpc) is 2.45. The number of aromatic carboxylic acids is 1. The van der Waals surface area contributed by atoms with Gasteiger partial charge in [0, 0.05) is 11.1 Å². The molecule has 0 saturated carbocycles. The second kappa shape index (κ2) is 6.14. The Kier molecular flexibility index (Phi) is 4.58. The predicted molar refractivity (Wildman–Crippen MR) is 88.9 cm³/mol. The molecule has 0 saturated heterocycles. The van der Waals surface area contributed by atoms with E-state index >= 15 is 0 Å². The zero-order valence-corrected chi connectivity index (χ0v) is 14.0. The van der Waals surface area contributed by atoms with Crippen LogP contribution in [0.15, 0.2) is 53.4 Å². The lowest BCUT2D eigenvalue weighted by Gasteiger charge is -2.21. The van der Waals surface area contributed by atoms with Crippen LogP contribution in [-0.2, 0) is 10.0 Å². The Labute approximate surface area is 136 Å². The zero-order valence-electron chi connectivity index (χ0n) is 13.2. The van der Waals surface area contributed by atoms with Crippen LogP contribution < -0.4 is 4.72 Å². The molecule has 0 aliphatic carbocycles. The van der Waals surface area contributed by atoms with Crippen LogP contribution in [-0.4, -0.2) is 25.0 Å². The minimum atomic E-state index is -3.69. The lowest BCUT2D eigenvalue weighted by molar-refractivity contribution is 0.0697. The number of hydrogen-bond acceptors (Lipinski definition) is 3. The number of sulfonamides is 1. The highest BCUT2D eigenvalue weighted by atomic mass is 32.2. The van der Waals surface area contributed by atoms with Crippen LogP contribution in [0.4, 0.5) is 0 Å². The molecule has 0 atom stereocenters. The van der Waals surface area contributed by atoms with E-state index in [1.54, 1.807) is 51.1 Å². The summed E-state index contributed by atoms with van der Waals surface area (Å²) >= 11 is 0. The molecule has 2 aromatic rings. The topological polar surface area (TPSA) is 83.5 Å². The monoisotopic (exact) mass is 333 g/mol. The van der Waals surface area contributed by atoms with Gasteiger partial charge in [-0.1, -0.05) is 30.3 Å². The molecule has 0 aromatic heterocycles. The van der Waals surface area contributed by atoms with Crippen molar-refractivity contribution in [2.75, 3.05) is 0 Å². The first-order chi connectivity index (χ1) is 10.6. The van der Waals surface area contributed by atoms with E-state index in [1.165, 1.54) is 18.2 Å². The van der Waals surface area contributed by atoms with Crippen molar-refractivity contribution in [3.8, 4) is 11.1 Å². The molecule has 2 N–H and O–H groups in total. The number of hydrogen-bond donors (Lipinski definition) is 2. The third-order valence-electron chi connectivity index (χ3n) is 3.06. The molecule has 2 aromatic carbocycles. The van der Waals surface area contributed by atoms with Gasteiger partial charge in [-0.15, -0.1) is 0 Å². The van der Waals surface area contributed by atoms with Crippen molar-refractivity contribution < 1.29 is 18.3 Å². The van der Waals surface area contributed by atoms with Crippen LogP contribution in [0.3, 0.4) is 0 Å². The summed E-state index contributed by atoms with van der Waals surface area (Å²) in [5.41, 5.74) is 0.729. The molecule has 6 heteroatoms. The Morgan fingerprint density at radius 2 is 1.57 bits per heavy atom. The number of carboxylic acids is 1. The summed E-state index contributed by atoms with van der Waals surface area (Å²) in [6.45, 7) is 5.32. The maximum atomic E-state index is 12.6. The highest BCUT2D eigenvalue weighted by Gasteiger charge is 2.24. The Balaban J connectivity index is 2.51. The summed E-state index contributed by atoms with van der Waals surface area (Å²) in [6, 6.07) is 12.8. The van der Waals surface area contributed by atoms with Gasteiger partial charge in [-0.05, 0) is 44.5 Å². The fourth-order valence-electron chi connectivity index (χ4n) is 2.19.